The molecule has 2 N–H and O–H groups in total. The molecular formula is C14H20N2O2. The number of carbonyl (C=O) groups excluding carboxylic acids is 1. The molecule has 0 bridgehead atoms. The fraction of sp³-hybridized carbons (Fsp3) is 0.500. The van der Waals surface area contributed by atoms with Gasteiger partial charge in [0.2, 0.25) is 5.91 Å². The molecule has 0 aliphatic carbocycles. The van der Waals surface area contributed by atoms with Crippen molar-refractivity contribution in [3.63, 3.8) is 0 Å². The van der Waals surface area contributed by atoms with Gasteiger partial charge in [-0.25, -0.2) is 0 Å². The highest BCUT2D eigenvalue weighted by Crippen LogP contribution is 2.18. The molecular weight excluding hydrogens is 228 g/mol. The molecule has 0 radical (unpaired) electrons. The Morgan fingerprint density at radius 1 is 1.56 bits per heavy atom. The number of methoxy groups -OCH3 is 1. The van der Waals surface area contributed by atoms with Crippen LogP contribution in [0.1, 0.15) is 12.0 Å². The summed E-state index contributed by atoms with van der Waals surface area (Å²) in [6.45, 7) is 2.31. The molecule has 2 rings (SSSR count). The highest BCUT2D eigenvalue weighted by Gasteiger charge is 2.24. The molecule has 1 aromatic rings. The molecule has 0 aromatic heterocycles. The predicted molar refractivity (Wildman–Crippen MR) is 70.4 cm³/mol. The van der Waals surface area contributed by atoms with Crippen LogP contribution in [-0.4, -0.2) is 37.6 Å². The number of nitrogens with two attached hydrogens (primary N) is 1. The van der Waals surface area contributed by atoms with Gasteiger partial charge in [-0.1, -0.05) is 12.1 Å². The van der Waals surface area contributed by atoms with Crippen LogP contribution in [0.15, 0.2) is 24.3 Å². The lowest BCUT2D eigenvalue weighted by molar-refractivity contribution is -0.129. The Balaban J connectivity index is 1.94. The number of hydrogen-bond donors (Lipinski definition) is 1. The molecule has 1 fully saturated rings. The summed E-state index contributed by atoms with van der Waals surface area (Å²) in [5.41, 5.74) is 6.63. The van der Waals surface area contributed by atoms with E-state index in [2.05, 4.69) is 0 Å². The van der Waals surface area contributed by atoms with E-state index >= 15 is 0 Å². The third kappa shape index (κ3) is 3.01. The molecule has 1 aliphatic rings. The fourth-order valence-electron chi connectivity index (χ4n) is 2.32. The van der Waals surface area contributed by atoms with Gasteiger partial charge in [0.05, 0.1) is 13.5 Å². The van der Waals surface area contributed by atoms with Crippen LogP contribution < -0.4 is 10.5 Å². The second-order valence-electron chi connectivity index (χ2n) is 4.76. The maximum Gasteiger partial charge on any atom is 0.227 e. The van der Waals surface area contributed by atoms with Crippen LogP contribution in [-0.2, 0) is 11.2 Å². The molecule has 1 saturated heterocycles. The predicted octanol–water partition coefficient (Wildman–Crippen LogP) is 1.04. The van der Waals surface area contributed by atoms with Gasteiger partial charge in [-0.3, -0.25) is 4.79 Å². The van der Waals surface area contributed by atoms with Crippen molar-refractivity contribution in [2.45, 2.75) is 12.8 Å². The molecule has 98 valence electrons. The quantitative estimate of drug-likeness (QED) is 0.866. The van der Waals surface area contributed by atoms with Crippen LogP contribution in [0.25, 0.3) is 0 Å². The third-order valence-corrected chi connectivity index (χ3v) is 3.46. The van der Waals surface area contributed by atoms with Gasteiger partial charge in [0.25, 0.3) is 0 Å². The smallest absolute Gasteiger partial charge is 0.227 e. The second kappa shape index (κ2) is 5.87. The molecule has 1 unspecified atom stereocenters. The molecule has 1 aliphatic heterocycles. The highest BCUT2D eigenvalue weighted by atomic mass is 16.5. The summed E-state index contributed by atoms with van der Waals surface area (Å²) < 4.78 is 5.15. The summed E-state index contributed by atoms with van der Waals surface area (Å²) in [6.07, 6.45) is 1.47. The van der Waals surface area contributed by atoms with Gasteiger partial charge in [-0.2, -0.15) is 0 Å². The summed E-state index contributed by atoms with van der Waals surface area (Å²) in [6, 6.07) is 7.66. The van der Waals surface area contributed by atoms with Gasteiger partial charge in [0.1, 0.15) is 5.75 Å². The van der Waals surface area contributed by atoms with E-state index in [9.17, 15) is 4.79 Å². The van der Waals surface area contributed by atoms with E-state index in [1.54, 1.807) is 7.11 Å². The van der Waals surface area contributed by atoms with Crippen molar-refractivity contribution in [3.05, 3.63) is 29.8 Å². The topological polar surface area (TPSA) is 55.6 Å². The summed E-state index contributed by atoms with van der Waals surface area (Å²) in [5.74, 6) is 1.44. The standard InChI is InChI=1S/C14H20N2O2/c1-18-13-4-2-3-11(7-13)8-14(17)16-6-5-12(9-15)10-16/h2-4,7,12H,5-6,8-10,15H2,1H3. The first-order valence-corrected chi connectivity index (χ1v) is 6.33. The van der Waals surface area contributed by atoms with Crippen molar-refractivity contribution in [1.29, 1.82) is 0 Å². The largest absolute Gasteiger partial charge is 0.497 e. The lowest BCUT2D eigenvalue weighted by atomic mass is 10.1. The van der Waals surface area contributed by atoms with Crippen molar-refractivity contribution in [2.75, 3.05) is 26.7 Å². The molecule has 1 atom stereocenters. The summed E-state index contributed by atoms with van der Waals surface area (Å²) in [5, 5.41) is 0. The number of benzene rings is 1. The maximum atomic E-state index is 12.1. The molecule has 18 heavy (non-hydrogen) atoms. The number of likely N-dealkylation sites (tertiary alicyclic amines) is 1. The number of hydrogen-bond acceptors (Lipinski definition) is 3. The maximum absolute atomic E-state index is 12.1. The van der Waals surface area contributed by atoms with Crippen molar-refractivity contribution in [1.82, 2.24) is 4.90 Å². The molecule has 1 amide bonds. The van der Waals surface area contributed by atoms with Gasteiger partial charge < -0.3 is 15.4 Å². The van der Waals surface area contributed by atoms with Crippen LogP contribution in [0.3, 0.4) is 0 Å². The van der Waals surface area contributed by atoms with Crippen molar-refractivity contribution in [2.24, 2.45) is 11.7 Å². The van der Waals surface area contributed by atoms with E-state index in [0.717, 1.165) is 30.8 Å². The normalized spacial score (nSPS) is 19.0. The molecule has 0 saturated carbocycles. The van der Waals surface area contributed by atoms with E-state index in [1.165, 1.54) is 0 Å². The Labute approximate surface area is 108 Å². The first kappa shape index (κ1) is 12.9. The lowest BCUT2D eigenvalue weighted by Crippen LogP contribution is -2.31. The Bertz CT molecular complexity index is 420. The second-order valence-corrected chi connectivity index (χ2v) is 4.76. The van der Waals surface area contributed by atoms with E-state index < -0.39 is 0 Å². The van der Waals surface area contributed by atoms with Crippen LogP contribution in [0.2, 0.25) is 0 Å². The van der Waals surface area contributed by atoms with Crippen molar-refractivity contribution < 1.29 is 9.53 Å². The zero-order chi connectivity index (χ0) is 13.0. The molecule has 4 nitrogen and oxygen atoms in total. The Morgan fingerprint density at radius 3 is 3.06 bits per heavy atom. The molecule has 4 heteroatoms. The average Bonchev–Trinajstić information content (AvgIpc) is 2.88. The average molecular weight is 248 g/mol. The minimum Gasteiger partial charge on any atom is -0.497 e. The van der Waals surface area contributed by atoms with E-state index in [-0.39, 0.29) is 5.91 Å². The van der Waals surface area contributed by atoms with E-state index in [4.69, 9.17) is 10.5 Å². The van der Waals surface area contributed by atoms with E-state index in [0.29, 0.717) is 18.9 Å². The zero-order valence-corrected chi connectivity index (χ0v) is 10.8. The Morgan fingerprint density at radius 2 is 2.39 bits per heavy atom. The molecule has 0 spiro atoms. The van der Waals surface area contributed by atoms with Crippen LogP contribution >= 0.6 is 0 Å². The fourth-order valence-corrected chi connectivity index (χ4v) is 2.32. The first-order valence-electron chi connectivity index (χ1n) is 6.33. The number of nitrogens with zero attached hydrogens (tertiary/aromatic N) is 1. The van der Waals surface area contributed by atoms with Crippen LogP contribution in [0.5, 0.6) is 5.75 Å². The van der Waals surface area contributed by atoms with Gasteiger partial charge in [0.15, 0.2) is 0 Å². The van der Waals surface area contributed by atoms with Crippen molar-refractivity contribution in [3.8, 4) is 5.75 Å². The molecule has 1 heterocycles. The van der Waals surface area contributed by atoms with E-state index in [1.807, 2.05) is 29.2 Å². The first-order chi connectivity index (χ1) is 8.72. The summed E-state index contributed by atoms with van der Waals surface area (Å²) in [7, 11) is 1.63. The Hall–Kier alpha value is -1.55. The minimum atomic E-state index is 0.180. The number of ether oxygens (including phenoxy) is 1. The van der Waals surface area contributed by atoms with Crippen LogP contribution in [0.4, 0.5) is 0 Å². The minimum absolute atomic E-state index is 0.180. The number of rotatable bonds is 4. The number of carbonyl (C=O) groups is 1. The zero-order valence-electron chi connectivity index (χ0n) is 10.8. The monoisotopic (exact) mass is 248 g/mol. The van der Waals surface area contributed by atoms with Gasteiger partial charge in [-0.05, 0) is 36.6 Å². The summed E-state index contributed by atoms with van der Waals surface area (Å²) >= 11 is 0. The Kier molecular flexibility index (Phi) is 4.20. The highest BCUT2D eigenvalue weighted by molar-refractivity contribution is 5.79. The van der Waals surface area contributed by atoms with Gasteiger partial charge in [-0.15, -0.1) is 0 Å². The number of amides is 1. The SMILES string of the molecule is COc1cccc(CC(=O)N2CCC(CN)C2)c1. The molecule has 1 aromatic carbocycles. The lowest BCUT2D eigenvalue weighted by Gasteiger charge is -2.16. The van der Waals surface area contributed by atoms with Gasteiger partial charge in [0, 0.05) is 13.1 Å². The van der Waals surface area contributed by atoms with Gasteiger partial charge >= 0.3 is 0 Å². The summed E-state index contributed by atoms with van der Waals surface area (Å²) in [4.78, 5) is 14.0. The third-order valence-electron chi connectivity index (χ3n) is 3.46. The van der Waals surface area contributed by atoms with Crippen molar-refractivity contribution >= 4 is 5.91 Å². The van der Waals surface area contributed by atoms with Crippen LogP contribution in [0, 0.1) is 5.92 Å².